The predicted octanol–water partition coefficient (Wildman–Crippen LogP) is 4.42. The van der Waals surface area contributed by atoms with E-state index >= 15 is 0 Å². The lowest BCUT2D eigenvalue weighted by Gasteiger charge is -2.40. The van der Waals surface area contributed by atoms with Crippen LogP contribution in [0.4, 0.5) is 0 Å². The third-order valence-electron chi connectivity index (χ3n) is 6.21. The van der Waals surface area contributed by atoms with Crippen LogP contribution in [0.15, 0.2) is 0 Å². The van der Waals surface area contributed by atoms with Gasteiger partial charge in [0.15, 0.2) is 0 Å². The third-order valence-corrected chi connectivity index (χ3v) is 6.21. The minimum absolute atomic E-state index is 0.232. The molecule has 0 saturated carbocycles. The zero-order chi connectivity index (χ0) is 18.0. The van der Waals surface area contributed by atoms with Crippen LogP contribution in [-0.2, 0) is 4.79 Å². The van der Waals surface area contributed by atoms with Crippen LogP contribution in [0.5, 0.6) is 0 Å². The minimum atomic E-state index is -0.232. The topological polar surface area (TPSA) is 23.6 Å². The van der Waals surface area contributed by atoms with Crippen molar-refractivity contribution < 1.29 is 4.79 Å². The van der Waals surface area contributed by atoms with Gasteiger partial charge in [0.05, 0.1) is 0 Å². The molecule has 2 aliphatic rings. The highest BCUT2D eigenvalue weighted by atomic mass is 16.2. The first-order chi connectivity index (χ1) is 11.1. The molecule has 0 aromatic rings. The minimum Gasteiger partial charge on any atom is -0.342 e. The Labute approximate surface area is 150 Å². The molecule has 0 spiro atoms. The number of hydrogen-bond donors (Lipinski definition) is 0. The van der Waals surface area contributed by atoms with E-state index in [2.05, 4.69) is 30.6 Å². The van der Waals surface area contributed by atoms with E-state index in [0.29, 0.717) is 11.3 Å². The molecule has 0 radical (unpaired) electrons. The van der Waals surface area contributed by atoms with Crippen molar-refractivity contribution in [2.75, 3.05) is 32.7 Å². The van der Waals surface area contributed by atoms with Crippen molar-refractivity contribution in [1.29, 1.82) is 0 Å². The number of carbonyl (C=O) groups excluding carboxylic acids is 1. The largest absolute Gasteiger partial charge is 0.342 e. The second-order valence-electron chi connectivity index (χ2n) is 10.3. The molecule has 2 aliphatic heterocycles. The Morgan fingerprint density at radius 2 is 1.42 bits per heavy atom. The summed E-state index contributed by atoms with van der Waals surface area (Å²) < 4.78 is 0. The molecular formula is C21H40N2O. The Balaban J connectivity index is 1.66. The van der Waals surface area contributed by atoms with Crippen LogP contribution < -0.4 is 0 Å². The number of likely N-dealkylation sites (tertiary alicyclic amines) is 2. The Hall–Kier alpha value is -0.570. The average Bonchev–Trinajstić information content (AvgIpc) is 2.51. The van der Waals surface area contributed by atoms with Gasteiger partial charge in [-0.25, -0.2) is 0 Å². The van der Waals surface area contributed by atoms with E-state index in [0.717, 1.165) is 24.9 Å². The molecular weight excluding hydrogens is 296 g/mol. The monoisotopic (exact) mass is 336 g/mol. The van der Waals surface area contributed by atoms with Gasteiger partial charge in [-0.05, 0) is 69.0 Å². The first kappa shape index (κ1) is 19.8. The van der Waals surface area contributed by atoms with Crippen molar-refractivity contribution in [1.82, 2.24) is 9.80 Å². The van der Waals surface area contributed by atoms with Crippen LogP contribution in [0.1, 0.15) is 73.6 Å². The maximum absolute atomic E-state index is 12.4. The van der Waals surface area contributed by atoms with Crippen LogP contribution in [0.25, 0.3) is 0 Å². The van der Waals surface area contributed by atoms with Crippen LogP contribution in [0, 0.1) is 22.7 Å². The molecule has 0 unspecified atom stereocenters. The van der Waals surface area contributed by atoms with E-state index in [4.69, 9.17) is 0 Å². The molecule has 3 heteroatoms. The van der Waals surface area contributed by atoms with Gasteiger partial charge in [-0.2, -0.15) is 0 Å². The Morgan fingerprint density at radius 1 is 0.875 bits per heavy atom. The zero-order valence-electron chi connectivity index (χ0n) is 17.0. The van der Waals surface area contributed by atoms with Crippen molar-refractivity contribution >= 4 is 5.91 Å². The number of carbonyl (C=O) groups is 1. The first-order valence-electron chi connectivity index (χ1n) is 10.1. The van der Waals surface area contributed by atoms with E-state index in [1.165, 1.54) is 51.7 Å². The van der Waals surface area contributed by atoms with Gasteiger partial charge in [-0.15, -0.1) is 0 Å². The molecule has 0 aromatic heterocycles. The van der Waals surface area contributed by atoms with Crippen LogP contribution >= 0.6 is 0 Å². The summed E-state index contributed by atoms with van der Waals surface area (Å²) in [7, 11) is 0. The lowest BCUT2D eigenvalue weighted by molar-refractivity contribution is -0.140. The van der Waals surface area contributed by atoms with E-state index < -0.39 is 0 Å². The number of hydrogen-bond acceptors (Lipinski definition) is 2. The Bertz CT molecular complexity index is 403. The molecule has 2 fully saturated rings. The van der Waals surface area contributed by atoms with Crippen molar-refractivity contribution in [3.8, 4) is 0 Å². The van der Waals surface area contributed by atoms with E-state index in [9.17, 15) is 4.79 Å². The molecule has 140 valence electrons. The van der Waals surface area contributed by atoms with E-state index in [1.807, 2.05) is 20.8 Å². The molecule has 3 nitrogen and oxygen atoms in total. The number of rotatable bonds is 3. The number of nitrogens with zero attached hydrogens (tertiary/aromatic N) is 2. The van der Waals surface area contributed by atoms with Crippen molar-refractivity contribution in [2.45, 2.75) is 73.6 Å². The van der Waals surface area contributed by atoms with Crippen LogP contribution in [0.2, 0.25) is 0 Å². The van der Waals surface area contributed by atoms with Gasteiger partial charge in [0.25, 0.3) is 0 Å². The van der Waals surface area contributed by atoms with Gasteiger partial charge >= 0.3 is 0 Å². The maximum Gasteiger partial charge on any atom is 0.227 e. The standard InChI is InChI=1S/C21H40N2O/c1-20(2,3)18-10-13-22(14-11-18)12-7-17-8-15-23(16-9-17)19(24)21(4,5)6/h17-18H,7-16H2,1-6H3. The summed E-state index contributed by atoms with van der Waals surface area (Å²) in [6.07, 6.45) is 6.43. The van der Waals surface area contributed by atoms with Gasteiger partial charge in [-0.1, -0.05) is 41.5 Å². The van der Waals surface area contributed by atoms with Crippen LogP contribution in [-0.4, -0.2) is 48.4 Å². The van der Waals surface area contributed by atoms with Crippen molar-refractivity contribution in [2.24, 2.45) is 22.7 Å². The van der Waals surface area contributed by atoms with Gasteiger partial charge < -0.3 is 9.80 Å². The first-order valence-corrected chi connectivity index (χ1v) is 10.1. The summed E-state index contributed by atoms with van der Waals surface area (Å²) in [6, 6.07) is 0. The van der Waals surface area contributed by atoms with Gasteiger partial charge in [0.1, 0.15) is 0 Å². The molecule has 0 aliphatic carbocycles. The fourth-order valence-electron chi connectivity index (χ4n) is 4.29. The van der Waals surface area contributed by atoms with Gasteiger partial charge in [0, 0.05) is 18.5 Å². The molecule has 0 atom stereocenters. The molecule has 0 N–H and O–H groups in total. The van der Waals surface area contributed by atoms with Crippen LogP contribution in [0.3, 0.4) is 0 Å². The summed E-state index contributed by atoms with van der Waals surface area (Å²) >= 11 is 0. The Morgan fingerprint density at radius 3 is 1.88 bits per heavy atom. The Kier molecular flexibility index (Phi) is 6.39. The quantitative estimate of drug-likeness (QED) is 0.761. The summed E-state index contributed by atoms with van der Waals surface area (Å²) in [5.74, 6) is 2.03. The molecule has 1 amide bonds. The average molecular weight is 337 g/mol. The molecule has 2 saturated heterocycles. The summed E-state index contributed by atoms with van der Waals surface area (Å²) in [5.41, 5.74) is 0.239. The molecule has 2 heterocycles. The summed E-state index contributed by atoms with van der Waals surface area (Å²) in [5, 5.41) is 0. The van der Waals surface area contributed by atoms with Crippen molar-refractivity contribution in [3.63, 3.8) is 0 Å². The third kappa shape index (κ3) is 5.47. The lowest BCUT2D eigenvalue weighted by Crippen LogP contribution is -2.44. The second kappa shape index (κ2) is 7.76. The zero-order valence-corrected chi connectivity index (χ0v) is 17.0. The highest BCUT2D eigenvalue weighted by Crippen LogP contribution is 2.34. The predicted molar refractivity (Wildman–Crippen MR) is 102 cm³/mol. The van der Waals surface area contributed by atoms with E-state index in [1.54, 1.807) is 0 Å². The molecule has 0 aromatic carbocycles. The highest BCUT2D eigenvalue weighted by molar-refractivity contribution is 5.81. The summed E-state index contributed by atoms with van der Waals surface area (Å²) in [4.78, 5) is 17.1. The highest BCUT2D eigenvalue weighted by Gasteiger charge is 2.31. The number of amides is 1. The molecule has 24 heavy (non-hydrogen) atoms. The maximum atomic E-state index is 12.4. The molecule has 0 bridgehead atoms. The van der Waals surface area contributed by atoms with Gasteiger partial charge in [-0.3, -0.25) is 4.79 Å². The van der Waals surface area contributed by atoms with Crippen molar-refractivity contribution in [3.05, 3.63) is 0 Å². The van der Waals surface area contributed by atoms with E-state index in [-0.39, 0.29) is 5.41 Å². The second-order valence-corrected chi connectivity index (χ2v) is 10.3. The fraction of sp³-hybridized carbons (Fsp3) is 0.952. The normalized spacial score (nSPS) is 22.8. The summed E-state index contributed by atoms with van der Waals surface area (Å²) in [6.45, 7) is 19.0. The SMILES string of the molecule is CC(C)(C)C(=O)N1CCC(CCN2CCC(C(C)(C)C)CC2)CC1. The number of piperidine rings is 2. The fourth-order valence-corrected chi connectivity index (χ4v) is 4.29. The smallest absolute Gasteiger partial charge is 0.227 e. The molecule has 2 rings (SSSR count). The van der Waals surface area contributed by atoms with Gasteiger partial charge in [0.2, 0.25) is 5.91 Å². The lowest BCUT2D eigenvalue weighted by atomic mass is 9.75.